The Morgan fingerprint density at radius 3 is 2.64 bits per heavy atom. The molecule has 0 spiro atoms. The quantitative estimate of drug-likeness (QED) is 0.692. The molecule has 0 radical (unpaired) electrons. The number of nitrogens with zero attached hydrogens (tertiary/aromatic N) is 2. The van der Waals surface area contributed by atoms with Gasteiger partial charge in [-0.05, 0) is 42.5 Å². The number of aliphatic hydroxyl groups is 1. The van der Waals surface area contributed by atoms with Gasteiger partial charge in [-0.25, -0.2) is 23.1 Å². The number of aliphatic hydroxyl groups excluding tert-OH is 1. The van der Waals surface area contributed by atoms with Gasteiger partial charge in [0.05, 0.1) is 18.0 Å². The topological polar surface area (TPSA) is 58.0 Å². The fourth-order valence-electron chi connectivity index (χ4n) is 3.21. The Labute approximate surface area is 145 Å². The first kappa shape index (κ1) is 16.3. The van der Waals surface area contributed by atoms with E-state index in [9.17, 15) is 18.3 Å². The van der Waals surface area contributed by atoms with E-state index in [1.807, 2.05) is 0 Å². The monoisotopic (exact) mass is 365 g/mol. The van der Waals surface area contributed by atoms with Gasteiger partial charge in [0.1, 0.15) is 17.0 Å². The summed E-state index contributed by atoms with van der Waals surface area (Å²) in [6, 6.07) is 0.936. The molecular formula is C17H14F3N3OS. The van der Waals surface area contributed by atoms with Crippen molar-refractivity contribution in [1.82, 2.24) is 9.97 Å². The minimum Gasteiger partial charge on any atom is -0.394 e. The van der Waals surface area contributed by atoms with Crippen molar-refractivity contribution in [3.63, 3.8) is 0 Å². The maximum Gasteiger partial charge on any atom is 0.194 e. The van der Waals surface area contributed by atoms with Gasteiger partial charge in [-0.15, -0.1) is 11.3 Å². The van der Waals surface area contributed by atoms with Gasteiger partial charge in [0, 0.05) is 4.88 Å². The first-order valence-corrected chi connectivity index (χ1v) is 8.67. The van der Waals surface area contributed by atoms with Crippen LogP contribution in [0.2, 0.25) is 0 Å². The molecule has 0 saturated heterocycles. The molecule has 4 rings (SSSR count). The summed E-state index contributed by atoms with van der Waals surface area (Å²) in [4.78, 5) is 10.6. The zero-order valence-corrected chi connectivity index (χ0v) is 13.8. The third-order valence-corrected chi connectivity index (χ3v) is 5.60. The molecule has 0 saturated carbocycles. The number of anilines is 1. The van der Waals surface area contributed by atoms with Crippen LogP contribution in [0, 0.1) is 17.5 Å². The van der Waals surface area contributed by atoms with Gasteiger partial charge in [0.25, 0.3) is 0 Å². The number of nitrogens with one attached hydrogen (secondary N) is 1. The standard InChI is InChI=1S/C17H14F3N3OS/c18-10-4-8(5-11(19)15(10)20)12(6-24)23-16-14-9-2-1-3-13(9)25-17(14)22-7-21-16/h4-5,7,12,24H,1-3,6H2,(H,21,22,23)/t12-/m0/s1. The van der Waals surface area contributed by atoms with Crippen molar-refractivity contribution >= 4 is 27.4 Å². The lowest BCUT2D eigenvalue weighted by Crippen LogP contribution is -2.17. The highest BCUT2D eigenvalue weighted by atomic mass is 32.1. The van der Waals surface area contributed by atoms with E-state index < -0.39 is 30.1 Å². The van der Waals surface area contributed by atoms with Crippen LogP contribution in [-0.2, 0) is 12.8 Å². The summed E-state index contributed by atoms with van der Waals surface area (Å²) < 4.78 is 40.2. The first-order valence-electron chi connectivity index (χ1n) is 7.85. The van der Waals surface area contributed by atoms with Crippen molar-refractivity contribution in [3.05, 3.63) is 51.9 Å². The Hall–Kier alpha value is -2.19. The van der Waals surface area contributed by atoms with E-state index in [4.69, 9.17) is 0 Å². The fraction of sp³-hybridized carbons (Fsp3) is 0.294. The molecule has 1 aromatic carbocycles. The second-order valence-electron chi connectivity index (χ2n) is 5.94. The SMILES string of the molecule is OC[C@H](Nc1ncnc2sc3c(c12)CCC3)c1cc(F)c(F)c(F)c1. The van der Waals surface area contributed by atoms with Gasteiger partial charge in [-0.1, -0.05) is 0 Å². The highest BCUT2D eigenvalue weighted by molar-refractivity contribution is 7.19. The van der Waals surface area contributed by atoms with Crippen LogP contribution >= 0.6 is 11.3 Å². The summed E-state index contributed by atoms with van der Waals surface area (Å²) in [6.45, 7) is -0.428. The second kappa shape index (κ2) is 6.27. The van der Waals surface area contributed by atoms with E-state index in [2.05, 4.69) is 15.3 Å². The van der Waals surface area contributed by atoms with Crippen LogP contribution in [0.25, 0.3) is 10.2 Å². The Bertz CT molecular complexity index is 937. The molecule has 0 bridgehead atoms. The molecule has 130 valence electrons. The molecule has 25 heavy (non-hydrogen) atoms. The summed E-state index contributed by atoms with van der Waals surface area (Å²) in [5, 5.41) is 13.6. The molecule has 2 heterocycles. The van der Waals surface area contributed by atoms with E-state index in [0.717, 1.165) is 41.6 Å². The minimum atomic E-state index is -1.53. The van der Waals surface area contributed by atoms with E-state index in [0.29, 0.717) is 5.82 Å². The summed E-state index contributed by atoms with van der Waals surface area (Å²) in [6.07, 6.45) is 4.43. The maximum absolute atomic E-state index is 13.5. The zero-order chi connectivity index (χ0) is 17.6. The smallest absolute Gasteiger partial charge is 0.194 e. The Kier molecular flexibility index (Phi) is 4.09. The molecule has 0 fully saturated rings. The molecule has 1 atom stereocenters. The number of benzene rings is 1. The minimum absolute atomic E-state index is 0.109. The van der Waals surface area contributed by atoms with Gasteiger partial charge in [0.2, 0.25) is 0 Å². The van der Waals surface area contributed by atoms with Gasteiger partial charge < -0.3 is 10.4 Å². The van der Waals surface area contributed by atoms with Crippen molar-refractivity contribution in [2.45, 2.75) is 25.3 Å². The van der Waals surface area contributed by atoms with Crippen LogP contribution in [0.15, 0.2) is 18.5 Å². The third kappa shape index (κ3) is 2.75. The number of fused-ring (bicyclic) bond motifs is 3. The molecule has 2 aromatic heterocycles. The van der Waals surface area contributed by atoms with E-state index >= 15 is 0 Å². The molecule has 0 amide bonds. The van der Waals surface area contributed by atoms with Crippen molar-refractivity contribution in [1.29, 1.82) is 0 Å². The third-order valence-electron chi connectivity index (χ3n) is 4.40. The molecular weight excluding hydrogens is 351 g/mol. The highest BCUT2D eigenvalue weighted by Crippen LogP contribution is 2.39. The number of hydrogen-bond donors (Lipinski definition) is 2. The van der Waals surface area contributed by atoms with Gasteiger partial charge in [-0.3, -0.25) is 0 Å². The van der Waals surface area contributed by atoms with Crippen LogP contribution in [-0.4, -0.2) is 21.7 Å². The van der Waals surface area contributed by atoms with Crippen LogP contribution in [0.3, 0.4) is 0 Å². The first-order chi connectivity index (χ1) is 12.1. The number of aryl methyl sites for hydroxylation is 2. The maximum atomic E-state index is 13.5. The van der Waals surface area contributed by atoms with E-state index in [1.165, 1.54) is 16.8 Å². The lowest BCUT2D eigenvalue weighted by molar-refractivity contribution is 0.275. The molecule has 0 unspecified atom stereocenters. The number of aromatic nitrogens is 2. The van der Waals surface area contributed by atoms with Crippen LogP contribution < -0.4 is 5.32 Å². The molecule has 3 aromatic rings. The average Bonchev–Trinajstić information content (AvgIpc) is 3.18. The zero-order valence-electron chi connectivity index (χ0n) is 13.0. The van der Waals surface area contributed by atoms with Gasteiger partial charge >= 0.3 is 0 Å². The van der Waals surface area contributed by atoms with E-state index in [1.54, 1.807) is 11.3 Å². The fourth-order valence-corrected chi connectivity index (χ4v) is 4.44. The van der Waals surface area contributed by atoms with Crippen LogP contribution in [0.4, 0.5) is 19.0 Å². The summed E-state index contributed by atoms with van der Waals surface area (Å²) >= 11 is 1.61. The van der Waals surface area contributed by atoms with Gasteiger partial charge in [-0.2, -0.15) is 0 Å². The number of hydrogen-bond acceptors (Lipinski definition) is 5. The summed E-state index contributed by atoms with van der Waals surface area (Å²) in [5.74, 6) is -3.60. The number of rotatable bonds is 4. The highest BCUT2D eigenvalue weighted by Gasteiger charge is 2.23. The molecule has 0 aliphatic heterocycles. The van der Waals surface area contributed by atoms with E-state index in [-0.39, 0.29) is 5.56 Å². The van der Waals surface area contributed by atoms with Crippen LogP contribution in [0.1, 0.15) is 28.5 Å². The van der Waals surface area contributed by atoms with Crippen molar-refractivity contribution in [2.75, 3.05) is 11.9 Å². The van der Waals surface area contributed by atoms with Gasteiger partial charge in [0.15, 0.2) is 17.5 Å². The lowest BCUT2D eigenvalue weighted by Gasteiger charge is -2.18. The van der Waals surface area contributed by atoms with Crippen molar-refractivity contribution in [2.24, 2.45) is 0 Å². The normalized spacial score (nSPS) is 14.7. The summed E-state index contributed by atoms with van der Waals surface area (Å²) in [7, 11) is 0. The molecule has 8 heteroatoms. The Morgan fingerprint density at radius 2 is 1.92 bits per heavy atom. The molecule has 4 nitrogen and oxygen atoms in total. The predicted octanol–water partition coefficient (Wildman–Crippen LogP) is 3.74. The largest absolute Gasteiger partial charge is 0.394 e. The summed E-state index contributed by atoms with van der Waals surface area (Å²) in [5.41, 5.74) is 1.30. The second-order valence-corrected chi connectivity index (χ2v) is 7.02. The average molecular weight is 365 g/mol. The number of halogens is 3. The predicted molar refractivity (Wildman–Crippen MR) is 89.2 cm³/mol. The van der Waals surface area contributed by atoms with Crippen molar-refractivity contribution < 1.29 is 18.3 Å². The Balaban J connectivity index is 1.75. The lowest BCUT2D eigenvalue weighted by atomic mass is 10.1. The number of thiophene rings is 1. The molecule has 1 aliphatic rings. The van der Waals surface area contributed by atoms with Crippen LogP contribution in [0.5, 0.6) is 0 Å². The van der Waals surface area contributed by atoms with Crippen molar-refractivity contribution in [3.8, 4) is 0 Å². The molecule has 1 aliphatic carbocycles. The Morgan fingerprint density at radius 1 is 1.16 bits per heavy atom. The molecule has 2 N–H and O–H groups in total.